The molecule has 12 heteroatoms. The Balaban J connectivity index is 1.34. The van der Waals surface area contributed by atoms with Crippen LogP contribution >= 0.6 is 0 Å². The minimum absolute atomic E-state index is 0.133. The van der Waals surface area contributed by atoms with E-state index in [1.54, 1.807) is 14.2 Å². The Morgan fingerprint density at radius 3 is 1.96 bits per heavy atom. The predicted molar refractivity (Wildman–Crippen MR) is 189 cm³/mol. The zero-order valence-electron chi connectivity index (χ0n) is 28.3. The molecule has 1 aliphatic rings. The molecule has 0 spiro atoms. The fourth-order valence-electron chi connectivity index (χ4n) is 5.59. The third kappa shape index (κ3) is 9.84. The summed E-state index contributed by atoms with van der Waals surface area (Å²) in [4.78, 5) is 29.7. The third-order valence-electron chi connectivity index (χ3n) is 8.45. The van der Waals surface area contributed by atoms with Gasteiger partial charge in [0.25, 0.3) is 5.91 Å². The number of benzene rings is 4. The van der Waals surface area contributed by atoms with Crippen molar-refractivity contribution < 1.29 is 37.0 Å². The lowest BCUT2D eigenvalue weighted by Gasteiger charge is -2.31. The van der Waals surface area contributed by atoms with Crippen LogP contribution in [-0.4, -0.2) is 89.2 Å². The van der Waals surface area contributed by atoms with Gasteiger partial charge in [-0.15, -0.1) is 0 Å². The molecular formula is C38H43N3O8S. The molecule has 1 N–H and O–H groups in total. The first-order valence-corrected chi connectivity index (χ1v) is 17.9. The Kier molecular flexibility index (Phi) is 12.8. The first-order valence-electron chi connectivity index (χ1n) is 16.4. The van der Waals surface area contributed by atoms with Crippen molar-refractivity contribution in [3.63, 3.8) is 0 Å². The number of sulfonamides is 1. The summed E-state index contributed by atoms with van der Waals surface area (Å²) in [7, 11) is -0.483. The minimum atomic E-state index is -3.68. The molecule has 4 aromatic carbocycles. The molecule has 0 radical (unpaired) electrons. The molecule has 0 aromatic heterocycles. The van der Waals surface area contributed by atoms with Crippen molar-refractivity contribution in [2.24, 2.45) is 0 Å². The number of ether oxygens (including phenoxy) is 4. The average Bonchev–Trinajstić information content (AvgIpc) is 3.16. The quantitative estimate of drug-likeness (QED) is 0.185. The van der Waals surface area contributed by atoms with Crippen molar-refractivity contribution in [1.82, 2.24) is 14.5 Å². The van der Waals surface area contributed by atoms with Crippen LogP contribution in [0.5, 0.6) is 17.2 Å². The van der Waals surface area contributed by atoms with Gasteiger partial charge >= 0.3 is 0 Å². The zero-order chi connectivity index (χ0) is 35.3. The van der Waals surface area contributed by atoms with Crippen LogP contribution in [0.4, 0.5) is 0 Å². The van der Waals surface area contributed by atoms with Gasteiger partial charge in [-0.1, -0.05) is 54.6 Å². The summed E-state index contributed by atoms with van der Waals surface area (Å²) in [6.45, 7) is 1.43. The molecule has 264 valence electrons. The smallest absolute Gasteiger partial charge is 0.261 e. The van der Waals surface area contributed by atoms with Crippen LogP contribution in [0.2, 0.25) is 0 Å². The van der Waals surface area contributed by atoms with Gasteiger partial charge in [-0.2, -0.15) is 4.31 Å². The molecule has 11 nitrogen and oxygen atoms in total. The van der Waals surface area contributed by atoms with E-state index < -0.39 is 22.0 Å². The van der Waals surface area contributed by atoms with E-state index in [2.05, 4.69) is 5.32 Å². The summed E-state index contributed by atoms with van der Waals surface area (Å²) in [6, 6.07) is 29.7. The summed E-state index contributed by atoms with van der Waals surface area (Å²) < 4.78 is 49.2. The summed E-state index contributed by atoms with van der Waals surface area (Å²) >= 11 is 0. The third-order valence-corrected chi connectivity index (χ3v) is 10.4. The Labute approximate surface area is 293 Å². The second-order valence-electron chi connectivity index (χ2n) is 11.7. The second kappa shape index (κ2) is 17.7. The molecule has 4 aromatic rings. The van der Waals surface area contributed by atoms with Gasteiger partial charge in [0.1, 0.15) is 23.3 Å². The molecule has 1 heterocycles. The summed E-state index contributed by atoms with van der Waals surface area (Å²) in [5, 5.41) is 3.05. The van der Waals surface area contributed by atoms with Gasteiger partial charge in [0.2, 0.25) is 15.9 Å². The molecule has 1 fully saturated rings. The van der Waals surface area contributed by atoms with Gasteiger partial charge in [0, 0.05) is 32.6 Å². The normalized spacial score (nSPS) is 14.0. The maximum absolute atomic E-state index is 14.0. The number of hydrogen-bond donors (Lipinski definition) is 1. The van der Waals surface area contributed by atoms with Crippen molar-refractivity contribution in [3.8, 4) is 17.2 Å². The molecule has 5 rings (SSSR count). The number of carbonyl (C=O) groups excluding carboxylic acids is 2. The Morgan fingerprint density at radius 2 is 1.36 bits per heavy atom. The van der Waals surface area contributed by atoms with Crippen molar-refractivity contribution in [3.05, 3.63) is 120 Å². The largest absolute Gasteiger partial charge is 0.497 e. The highest BCUT2D eigenvalue weighted by Crippen LogP contribution is 2.22. The number of nitrogens with one attached hydrogen (secondary N) is 1. The lowest BCUT2D eigenvalue weighted by Crippen LogP contribution is -2.52. The number of hydrogen-bond acceptors (Lipinski definition) is 8. The first-order chi connectivity index (χ1) is 24.3. The highest BCUT2D eigenvalue weighted by molar-refractivity contribution is 7.89. The van der Waals surface area contributed by atoms with Crippen LogP contribution in [0.25, 0.3) is 0 Å². The molecule has 0 saturated carbocycles. The van der Waals surface area contributed by atoms with E-state index in [1.807, 2.05) is 78.9 Å². The number of amides is 2. The number of nitrogens with zero attached hydrogens (tertiary/aromatic N) is 2. The topological polar surface area (TPSA) is 124 Å². The van der Waals surface area contributed by atoms with Crippen LogP contribution in [0, 0.1) is 0 Å². The van der Waals surface area contributed by atoms with Gasteiger partial charge in [0.05, 0.1) is 32.3 Å². The van der Waals surface area contributed by atoms with Crippen molar-refractivity contribution >= 4 is 21.8 Å². The van der Waals surface area contributed by atoms with E-state index in [4.69, 9.17) is 18.9 Å². The molecule has 1 saturated heterocycles. The molecular weight excluding hydrogens is 658 g/mol. The minimum Gasteiger partial charge on any atom is -0.497 e. The number of rotatable bonds is 16. The predicted octanol–water partition coefficient (Wildman–Crippen LogP) is 4.10. The number of methoxy groups -OCH3 is 2. The van der Waals surface area contributed by atoms with Crippen molar-refractivity contribution in [2.45, 2.75) is 30.3 Å². The van der Waals surface area contributed by atoms with Crippen LogP contribution in [0.3, 0.4) is 0 Å². The van der Waals surface area contributed by atoms with E-state index in [0.717, 1.165) is 22.4 Å². The van der Waals surface area contributed by atoms with Crippen LogP contribution in [0.1, 0.15) is 16.7 Å². The monoisotopic (exact) mass is 701 g/mol. The standard InChI is InChI=1S/C38H43N3O8S/c1-46-32-12-8-29(9-13-32)20-21-39-38(43)36(26-30-6-4-3-5-7-30)41(27-31-10-14-33(47-2)15-11-31)37(42)28-49-34-16-18-35(19-17-34)50(44,45)40-22-24-48-25-23-40/h3-19,36H,20-28H2,1-2H3,(H,39,43). The molecule has 1 unspecified atom stereocenters. The van der Waals surface area contributed by atoms with Gasteiger partial charge in [0.15, 0.2) is 6.61 Å². The lowest BCUT2D eigenvalue weighted by molar-refractivity contribution is -0.142. The maximum atomic E-state index is 14.0. The highest BCUT2D eigenvalue weighted by Gasteiger charge is 2.31. The summed E-state index contributed by atoms with van der Waals surface area (Å²) in [6.07, 6.45) is 0.881. The Hall–Kier alpha value is -4.91. The van der Waals surface area contributed by atoms with Crippen LogP contribution in [-0.2, 0) is 43.7 Å². The van der Waals surface area contributed by atoms with Gasteiger partial charge < -0.3 is 29.2 Å². The van der Waals surface area contributed by atoms with E-state index >= 15 is 0 Å². The van der Waals surface area contributed by atoms with E-state index in [-0.39, 0.29) is 30.4 Å². The Morgan fingerprint density at radius 1 is 0.780 bits per heavy atom. The number of carbonyl (C=O) groups is 2. The zero-order valence-corrected chi connectivity index (χ0v) is 29.1. The maximum Gasteiger partial charge on any atom is 0.261 e. The van der Waals surface area contributed by atoms with E-state index in [0.29, 0.717) is 50.8 Å². The molecule has 0 aliphatic carbocycles. The summed E-state index contributed by atoms with van der Waals surface area (Å²) in [5.74, 6) is 1.06. The van der Waals surface area contributed by atoms with Gasteiger partial charge in [-0.05, 0) is 71.6 Å². The SMILES string of the molecule is COc1ccc(CCNC(=O)C(Cc2ccccc2)N(Cc2ccc(OC)cc2)C(=O)COc2ccc(S(=O)(=O)N3CCOCC3)cc2)cc1. The van der Waals surface area contributed by atoms with Crippen LogP contribution < -0.4 is 19.5 Å². The Bertz CT molecular complexity index is 1780. The van der Waals surface area contributed by atoms with Gasteiger partial charge in [-0.25, -0.2) is 8.42 Å². The highest BCUT2D eigenvalue weighted by atomic mass is 32.2. The van der Waals surface area contributed by atoms with E-state index in [1.165, 1.54) is 33.5 Å². The number of morpholine rings is 1. The fraction of sp³-hybridized carbons (Fsp3) is 0.316. The van der Waals surface area contributed by atoms with E-state index in [9.17, 15) is 18.0 Å². The average molecular weight is 702 g/mol. The second-order valence-corrected chi connectivity index (χ2v) is 13.7. The summed E-state index contributed by atoms with van der Waals surface area (Å²) in [5.41, 5.74) is 2.74. The molecule has 1 aliphatic heterocycles. The fourth-order valence-corrected chi connectivity index (χ4v) is 7.00. The van der Waals surface area contributed by atoms with Crippen molar-refractivity contribution in [1.29, 1.82) is 0 Å². The van der Waals surface area contributed by atoms with Crippen molar-refractivity contribution in [2.75, 3.05) is 53.7 Å². The van der Waals surface area contributed by atoms with Gasteiger partial charge in [-0.3, -0.25) is 9.59 Å². The van der Waals surface area contributed by atoms with Crippen LogP contribution in [0.15, 0.2) is 108 Å². The molecule has 2 amide bonds. The molecule has 0 bridgehead atoms. The molecule has 50 heavy (non-hydrogen) atoms. The molecule has 1 atom stereocenters. The lowest BCUT2D eigenvalue weighted by atomic mass is 10.0. The first kappa shape index (κ1) is 36.4.